The Morgan fingerprint density at radius 3 is 2.57 bits per heavy atom. The molecule has 0 bridgehead atoms. The van der Waals surface area contributed by atoms with Crippen molar-refractivity contribution in [3.8, 4) is 17.1 Å². The summed E-state index contributed by atoms with van der Waals surface area (Å²) in [5.74, 6) is 3.23. The van der Waals surface area contributed by atoms with Gasteiger partial charge in [-0.05, 0) is 17.7 Å². The van der Waals surface area contributed by atoms with Crippen molar-refractivity contribution in [3.63, 3.8) is 0 Å². The minimum Gasteiger partial charge on any atom is -0.482 e. The average molecular weight is 414 g/mol. The van der Waals surface area contributed by atoms with Crippen LogP contribution in [0.3, 0.4) is 0 Å². The van der Waals surface area contributed by atoms with Crippen LogP contribution in [-0.2, 0) is 16.1 Å². The van der Waals surface area contributed by atoms with Gasteiger partial charge >= 0.3 is 5.97 Å². The van der Waals surface area contributed by atoms with E-state index in [4.69, 9.17) is 14.0 Å². The molecule has 1 aliphatic heterocycles. The number of aromatic nitrogens is 1. The zero-order chi connectivity index (χ0) is 19.2. The van der Waals surface area contributed by atoms with Crippen LogP contribution < -0.4 is 4.74 Å². The molecular formula is C21H19NO4S2. The molecule has 2 heterocycles. The molecule has 0 aliphatic carbocycles. The molecule has 2 aromatic carbocycles. The molecule has 1 aliphatic rings. The van der Waals surface area contributed by atoms with Gasteiger partial charge in [0.05, 0.1) is 4.58 Å². The quantitative estimate of drug-likeness (QED) is 0.508. The van der Waals surface area contributed by atoms with E-state index in [0.717, 1.165) is 5.56 Å². The highest BCUT2D eigenvalue weighted by Gasteiger charge is 2.18. The van der Waals surface area contributed by atoms with Crippen LogP contribution in [0.4, 0.5) is 0 Å². The van der Waals surface area contributed by atoms with Crippen LogP contribution in [0.2, 0.25) is 0 Å². The third kappa shape index (κ3) is 4.91. The first kappa shape index (κ1) is 19.0. The normalized spacial score (nSPS) is 14.1. The zero-order valence-corrected chi connectivity index (χ0v) is 16.7. The van der Waals surface area contributed by atoms with E-state index in [2.05, 4.69) is 17.3 Å². The second kappa shape index (κ2) is 9.21. The van der Waals surface area contributed by atoms with Gasteiger partial charge in [-0.2, -0.15) is 0 Å². The highest BCUT2D eigenvalue weighted by molar-refractivity contribution is 8.19. The van der Waals surface area contributed by atoms with Gasteiger partial charge in [0.1, 0.15) is 18.1 Å². The van der Waals surface area contributed by atoms with Gasteiger partial charge in [0.2, 0.25) is 0 Å². The van der Waals surface area contributed by atoms with Gasteiger partial charge in [-0.25, -0.2) is 4.79 Å². The molecule has 0 unspecified atom stereocenters. The molecule has 28 heavy (non-hydrogen) atoms. The van der Waals surface area contributed by atoms with E-state index < -0.39 is 5.97 Å². The summed E-state index contributed by atoms with van der Waals surface area (Å²) < 4.78 is 16.5. The molecule has 1 saturated heterocycles. The van der Waals surface area contributed by atoms with Crippen LogP contribution in [0.1, 0.15) is 15.8 Å². The number of benzene rings is 2. The smallest absolute Gasteiger partial charge is 0.344 e. The van der Waals surface area contributed by atoms with Crippen LogP contribution >= 0.6 is 23.5 Å². The second-order valence-electron chi connectivity index (χ2n) is 6.14. The Kier molecular flexibility index (Phi) is 6.24. The molecule has 0 atom stereocenters. The molecule has 3 aromatic rings. The largest absolute Gasteiger partial charge is 0.482 e. The number of carbonyl (C=O) groups excluding carboxylic acids is 1. The topological polar surface area (TPSA) is 61.6 Å². The number of esters is 1. The second-order valence-corrected chi connectivity index (χ2v) is 8.86. The molecule has 144 valence electrons. The molecule has 0 saturated carbocycles. The average Bonchev–Trinajstić information content (AvgIpc) is 3.44. The van der Waals surface area contributed by atoms with E-state index in [9.17, 15) is 4.79 Å². The standard InChI is InChI=1S/C21H19NO4S2/c23-20(14-24-18-8-6-16(7-9-18)21-27-10-11-28-21)25-13-17-12-19(26-22-17)15-4-2-1-3-5-15/h1-9,12,21H,10-11,13-14H2. The number of ether oxygens (including phenoxy) is 2. The first-order valence-electron chi connectivity index (χ1n) is 8.90. The lowest BCUT2D eigenvalue weighted by atomic mass is 10.2. The lowest BCUT2D eigenvalue weighted by molar-refractivity contribution is -0.147. The molecule has 0 radical (unpaired) electrons. The highest BCUT2D eigenvalue weighted by atomic mass is 32.2. The molecule has 5 nitrogen and oxygen atoms in total. The first-order chi connectivity index (χ1) is 13.8. The molecule has 4 rings (SSSR count). The lowest BCUT2D eigenvalue weighted by Crippen LogP contribution is -2.14. The maximum Gasteiger partial charge on any atom is 0.344 e. The minimum atomic E-state index is -0.449. The first-order valence-corrected chi connectivity index (χ1v) is 11.0. The fourth-order valence-electron chi connectivity index (χ4n) is 2.73. The Morgan fingerprint density at radius 1 is 1.07 bits per heavy atom. The number of hydrogen-bond donors (Lipinski definition) is 0. The summed E-state index contributed by atoms with van der Waals surface area (Å²) in [6.07, 6.45) is 0. The van der Waals surface area contributed by atoms with E-state index in [0.29, 0.717) is 21.8 Å². The number of carbonyl (C=O) groups is 1. The molecule has 7 heteroatoms. The van der Waals surface area contributed by atoms with E-state index in [1.807, 2.05) is 66.0 Å². The van der Waals surface area contributed by atoms with Crippen LogP contribution in [0.25, 0.3) is 11.3 Å². The van der Waals surface area contributed by atoms with Crippen LogP contribution in [0.5, 0.6) is 5.75 Å². The van der Waals surface area contributed by atoms with Crippen molar-refractivity contribution in [2.24, 2.45) is 0 Å². The molecule has 1 fully saturated rings. The summed E-state index contributed by atoms with van der Waals surface area (Å²) in [6, 6.07) is 19.3. The van der Waals surface area contributed by atoms with Crippen molar-refractivity contribution in [1.82, 2.24) is 5.16 Å². The van der Waals surface area contributed by atoms with Crippen LogP contribution in [-0.4, -0.2) is 29.2 Å². The summed E-state index contributed by atoms with van der Waals surface area (Å²) in [5, 5.41) is 3.93. The van der Waals surface area contributed by atoms with E-state index in [1.54, 1.807) is 6.07 Å². The SMILES string of the molecule is O=C(COc1ccc(C2SCCS2)cc1)OCc1cc(-c2ccccc2)on1. The Balaban J connectivity index is 1.23. The highest BCUT2D eigenvalue weighted by Crippen LogP contribution is 2.45. The van der Waals surface area contributed by atoms with Crippen molar-refractivity contribution in [1.29, 1.82) is 0 Å². The molecule has 0 amide bonds. The van der Waals surface area contributed by atoms with Crippen molar-refractivity contribution in [2.75, 3.05) is 18.1 Å². The van der Waals surface area contributed by atoms with Gasteiger partial charge in [-0.1, -0.05) is 47.6 Å². The predicted molar refractivity (Wildman–Crippen MR) is 111 cm³/mol. The number of thioether (sulfide) groups is 2. The number of nitrogens with zero attached hydrogens (tertiary/aromatic N) is 1. The Hall–Kier alpha value is -2.38. The van der Waals surface area contributed by atoms with Crippen molar-refractivity contribution in [2.45, 2.75) is 11.2 Å². The fourth-order valence-corrected chi connectivity index (χ4v) is 5.59. The summed E-state index contributed by atoms with van der Waals surface area (Å²) in [5.41, 5.74) is 2.76. The zero-order valence-electron chi connectivity index (χ0n) is 15.1. The number of rotatable bonds is 7. The van der Waals surface area contributed by atoms with Gasteiger partial charge in [-0.15, -0.1) is 23.5 Å². The monoisotopic (exact) mass is 413 g/mol. The van der Waals surface area contributed by atoms with Gasteiger partial charge < -0.3 is 14.0 Å². The van der Waals surface area contributed by atoms with Gasteiger partial charge in [-0.3, -0.25) is 0 Å². The Morgan fingerprint density at radius 2 is 1.82 bits per heavy atom. The van der Waals surface area contributed by atoms with Crippen molar-refractivity contribution < 1.29 is 18.8 Å². The lowest BCUT2D eigenvalue weighted by Gasteiger charge is -2.10. The maximum absolute atomic E-state index is 11.9. The Bertz CT molecular complexity index is 906. The summed E-state index contributed by atoms with van der Waals surface area (Å²) in [6.45, 7) is -0.0940. The molecular weight excluding hydrogens is 394 g/mol. The number of hydrogen-bond acceptors (Lipinski definition) is 7. The summed E-state index contributed by atoms with van der Waals surface area (Å²) in [7, 11) is 0. The van der Waals surface area contributed by atoms with Gasteiger partial charge in [0, 0.05) is 23.1 Å². The van der Waals surface area contributed by atoms with Crippen LogP contribution in [0.15, 0.2) is 65.2 Å². The van der Waals surface area contributed by atoms with Gasteiger partial charge in [0.25, 0.3) is 0 Å². The van der Waals surface area contributed by atoms with E-state index in [1.165, 1.54) is 17.1 Å². The third-order valence-corrected chi connectivity index (χ3v) is 7.23. The Labute approximate surface area is 171 Å². The maximum atomic E-state index is 11.9. The molecule has 1 aromatic heterocycles. The summed E-state index contributed by atoms with van der Waals surface area (Å²) in [4.78, 5) is 11.9. The minimum absolute atomic E-state index is 0.0492. The third-order valence-electron chi connectivity index (χ3n) is 4.13. The van der Waals surface area contributed by atoms with Crippen molar-refractivity contribution >= 4 is 29.5 Å². The summed E-state index contributed by atoms with van der Waals surface area (Å²) >= 11 is 3.92. The van der Waals surface area contributed by atoms with Crippen molar-refractivity contribution in [3.05, 3.63) is 71.9 Å². The van der Waals surface area contributed by atoms with E-state index >= 15 is 0 Å². The molecule has 0 spiro atoms. The van der Waals surface area contributed by atoms with Gasteiger partial charge in [0.15, 0.2) is 12.4 Å². The predicted octanol–water partition coefficient (Wildman–Crippen LogP) is 4.94. The molecule has 0 N–H and O–H groups in total. The van der Waals surface area contributed by atoms with E-state index in [-0.39, 0.29) is 13.2 Å². The fraction of sp³-hybridized carbons (Fsp3) is 0.238. The van der Waals surface area contributed by atoms with Crippen LogP contribution in [0, 0.1) is 0 Å².